The molecule has 3 aromatic rings. The number of aliphatic imine (C=N–C) groups is 1. The van der Waals surface area contributed by atoms with Crippen molar-refractivity contribution in [2.24, 2.45) is 4.99 Å². The number of benzene rings is 2. The first-order valence-electron chi connectivity index (χ1n) is 12.1. The summed E-state index contributed by atoms with van der Waals surface area (Å²) in [5, 5.41) is 7.02. The van der Waals surface area contributed by atoms with Gasteiger partial charge < -0.3 is 19.7 Å². The molecule has 0 bridgehead atoms. The van der Waals surface area contributed by atoms with Gasteiger partial charge in [-0.2, -0.15) is 0 Å². The number of amides is 2. The summed E-state index contributed by atoms with van der Waals surface area (Å²) >= 11 is 8.69. The smallest absolute Gasteiger partial charge is 0.265 e. The molecule has 10 heteroatoms. The topological polar surface area (TPSA) is 83.0 Å². The first kappa shape index (κ1) is 30.3. The van der Waals surface area contributed by atoms with E-state index in [0.29, 0.717) is 27.6 Å². The highest BCUT2D eigenvalue weighted by Gasteiger charge is 2.23. The molecule has 0 aliphatic heterocycles. The van der Waals surface area contributed by atoms with Crippen molar-refractivity contribution in [1.82, 2.24) is 0 Å². The molecule has 0 radical (unpaired) electrons. The Balaban J connectivity index is 1.96. The van der Waals surface area contributed by atoms with Crippen molar-refractivity contribution in [2.45, 2.75) is 33.1 Å². The van der Waals surface area contributed by atoms with E-state index in [9.17, 15) is 9.59 Å². The number of nitrogens with zero attached hydrogens (tertiary/aromatic N) is 2. The number of fused-ring (bicyclic) bond motifs is 1. The highest BCUT2D eigenvalue weighted by molar-refractivity contribution is 7.99. The van der Waals surface area contributed by atoms with Gasteiger partial charge in [0.05, 0.1) is 33.7 Å². The first-order valence-corrected chi connectivity index (χ1v) is 14.4. The average molecular weight is 585 g/mol. The number of methoxy groups -OCH3 is 1. The molecule has 0 aliphatic rings. The fraction of sp³-hybridized carbons (Fsp3) is 0.276. The second-order valence-corrected chi connectivity index (χ2v) is 12.1. The Bertz CT molecular complexity index is 1470. The maximum absolute atomic E-state index is 13.5. The number of hydrogen-bond donors (Lipinski definition) is 2. The Morgan fingerprint density at radius 2 is 1.87 bits per heavy atom. The van der Waals surface area contributed by atoms with Crippen LogP contribution in [0.2, 0.25) is 0 Å². The predicted octanol–water partition coefficient (Wildman–Crippen LogP) is 7.84. The third kappa shape index (κ3) is 7.23. The van der Waals surface area contributed by atoms with E-state index in [4.69, 9.17) is 16.3 Å². The van der Waals surface area contributed by atoms with E-state index in [2.05, 4.69) is 49.2 Å². The van der Waals surface area contributed by atoms with Gasteiger partial charge in [-0.15, -0.1) is 11.3 Å². The molecule has 0 atom stereocenters. The van der Waals surface area contributed by atoms with Gasteiger partial charge in [-0.25, -0.2) is 0 Å². The van der Waals surface area contributed by atoms with Crippen LogP contribution in [0.5, 0.6) is 5.75 Å². The molecule has 7 nitrogen and oxygen atoms in total. The molecular weight excluding hydrogens is 552 g/mol. The maximum Gasteiger partial charge on any atom is 0.265 e. The number of thiophene rings is 1. The number of hydrogen-bond acceptors (Lipinski definition) is 7. The van der Waals surface area contributed by atoms with E-state index in [1.807, 2.05) is 41.9 Å². The minimum Gasteiger partial charge on any atom is -0.492 e. The lowest BCUT2D eigenvalue weighted by atomic mass is 9.86. The van der Waals surface area contributed by atoms with Gasteiger partial charge in [-0.3, -0.25) is 14.6 Å². The molecular formula is C29H33ClN4O3S2. The van der Waals surface area contributed by atoms with E-state index in [1.165, 1.54) is 17.4 Å². The number of carbonyl (C=O) groups excluding carboxylic acids is 2. The molecule has 2 aromatic carbocycles. The summed E-state index contributed by atoms with van der Waals surface area (Å²) in [6, 6.07) is 11.4. The summed E-state index contributed by atoms with van der Waals surface area (Å²) in [6.07, 6.45) is 5.06. The molecule has 39 heavy (non-hydrogen) atoms. The Morgan fingerprint density at radius 3 is 2.49 bits per heavy atom. The average Bonchev–Trinajstić information content (AvgIpc) is 3.35. The number of carbonyl (C=O) groups is 2. The van der Waals surface area contributed by atoms with Crippen LogP contribution in [0.4, 0.5) is 17.1 Å². The third-order valence-electron chi connectivity index (χ3n) is 6.00. The van der Waals surface area contributed by atoms with Crippen molar-refractivity contribution in [1.29, 1.82) is 0 Å². The van der Waals surface area contributed by atoms with E-state index in [1.54, 1.807) is 38.1 Å². The van der Waals surface area contributed by atoms with Crippen molar-refractivity contribution in [3.63, 3.8) is 0 Å². The molecule has 206 valence electrons. The van der Waals surface area contributed by atoms with Gasteiger partial charge in [0.2, 0.25) is 0 Å². The van der Waals surface area contributed by atoms with Gasteiger partial charge in [-0.05, 0) is 60.3 Å². The first-order chi connectivity index (χ1) is 18.4. The molecule has 2 N–H and O–H groups in total. The normalized spacial score (nSPS) is 12.3. The third-order valence-corrected chi connectivity index (χ3v) is 8.17. The standard InChI is InChI=1S/C29H33ClN4O3S2/c1-17(12-13-24(30)31-5)27(35)32-20-11-9-10-18-14-23(39-26(18)20)28(36)33-21-15-19(29(2,3)4)16-22(25(21)37-7)34(6)38-8/h9-16H,5H2,1-4,6-8H3,(H,32,35)(H,33,36)/b17-12+,24-13-. The Kier molecular flexibility index (Phi) is 9.88. The van der Waals surface area contributed by atoms with E-state index in [0.717, 1.165) is 21.3 Å². The zero-order valence-electron chi connectivity index (χ0n) is 23.1. The maximum atomic E-state index is 13.5. The number of allylic oxidation sites excluding steroid dienone is 2. The van der Waals surface area contributed by atoms with Gasteiger partial charge in [0.25, 0.3) is 11.8 Å². The van der Waals surface area contributed by atoms with Crippen molar-refractivity contribution in [3.05, 3.63) is 69.7 Å². The number of ether oxygens (including phenoxy) is 1. The zero-order chi connectivity index (χ0) is 28.9. The summed E-state index contributed by atoms with van der Waals surface area (Å²) < 4.78 is 8.55. The van der Waals surface area contributed by atoms with Crippen LogP contribution in [0.15, 0.2) is 64.3 Å². The van der Waals surface area contributed by atoms with Gasteiger partial charge in [0.1, 0.15) is 5.16 Å². The molecule has 0 unspecified atom stereocenters. The van der Waals surface area contributed by atoms with Gasteiger partial charge in [0, 0.05) is 18.9 Å². The lowest BCUT2D eigenvalue weighted by Gasteiger charge is -2.26. The second kappa shape index (κ2) is 12.7. The van der Waals surface area contributed by atoms with E-state index < -0.39 is 0 Å². The van der Waals surface area contributed by atoms with Crippen LogP contribution in [-0.4, -0.2) is 38.9 Å². The van der Waals surface area contributed by atoms with Crippen LogP contribution in [0.3, 0.4) is 0 Å². The zero-order valence-corrected chi connectivity index (χ0v) is 25.5. The van der Waals surface area contributed by atoms with E-state index in [-0.39, 0.29) is 22.4 Å². The summed E-state index contributed by atoms with van der Waals surface area (Å²) in [6.45, 7) is 11.4. The largest absolute Gasteiger partial charge is 0.492 e. The SMILES string of the molecule is C=N/C(Cl)=C\C=C(/C)C(=O)Nc1cccc2cc(C(=O)Nc3cc(C(C)(C)C)cc(N(C)SC)c3OC)sc12. The lowest BCUT2D eigenvalue weighted by Crippen LogP contribution is -2.17. The van der Waals surface area contributed by atoms with Crippen LogP contribution in [0.25, 0.3) is 10.1 Å². The Hall–Kier alpha value is -3.27. The molecule has 2 amide bonds. The minimum absolute atomic E-state index is 0.139. The van der Waals surface area contributed by atoms with Crippen molar-refractivity contribution in [2.75, 3.05) is 35.4 Å². The van der Waals surface area contributed by atoms with Crippen LogP contribution in [-0.2, 0) is 10.2 Å². The number of halogens is 1. The summed E-state index contributed by atoms with van der Waals surface area (Å²) in [7, 11) is 3.56. The quantitative estimate of drug-likeness (QED) is 0.0880. The van der Waals surface area contributed by atoms with Crippen LogP contribution < -0.4 is 19.7 Å². The van der Waals surface area contributed by atoms with Crippen LogP contribution in [0, 0.1) is 0 Å². The fourth-order valence-corrected chi connectivity index (χ4v) is 5.11. The number of rotatable bonds is 9. The summed E-state index contributed by atoms with van der Waals surface area (Å²) in [5.74, 6) is 0.0366. The molecule has 0 saturated heterocycles. The Morgan fingerprint density at radius 1 is 1.15 bits per heavy atom. The van der Waals surface area contributed by atoms with Gasteiger partial charge in [0.15, 0.2) is 5.75 Å². The second-order valence-electron chi connectivity index (χ2n) is 9.75. The lowest BCUT2D eigenvalue weighted by molar-refractivity contribution is -0.112. The van der Waals surface area contributed by atoms with Gasteiger partial charge in [-0.1, -0.05) is 62.5 Å². The summed E-state index contributed by atoms with van der Waals surface area (Å²) in [4.78, 5) is 30.3. The molecule has 0 fully saturated rings. The highest BCUT2D eigenvalue weighted by Crippen LogP contribution is 2.42. The predicted molar refractivity (Wildman–Crippen MR) is 169 cm³/mol. The number of anilines is 3. The molecule has 1 aromatic heterocycles. The van der Waals surface area contributed by atoms with E-state index >= 15 is 0 Å². The molecule has 0 aliphatic carbocycles. The highest BCUT2D eigenvalue weighted by atomic mass is 35.5. The van der Waals surface area contributed by atoms with Crippen LogP contribution >= 0.6 is 34.9 Å². The molecule has 0 spiro atoms. The minimum atomic E-state index is -0.291. The van der Waals surface area contributed by atoms with Crippen molar-refractivity contribution < 1.29 is 14.3 Å². The van der Waals surface area contributed by atoms with Gasteiger partial charge >= 0.3 is 0 Å². The molecule has 1 heterocycles. The van der Waals surface area contributed by atoms with Crippen molar-refractivity contribution >= 4 is 80.6 Å². The molecule has 0 saturated carbocycles. The fourth-order valence-electron chi connectivity index (χ4n) is 3.69. The van der Waals surface area contributed by atoms with Crippen molar-refractivity contribution in [3.8, 4) is 5.75 Å². The Labute approximate surface area is 243 Å². The number of nitrogens with one attached hydrogen (secondary N) is 2. The summed E-state index contributed by atoms with van der Waals surface area (Å²) in [5.41, 5.74) is 3.46. The molecule has 3 rings (SSSR count). The van der Waals surface area contributed by atoms with Crippen LogP contribution in [0.1, 0.15) is 42.9 Å². The monoisotopic (exact) mass is 584 g/mol.